The zero-order chi connectivity index (χ0) is 12.3. The number of nitrogens with zero attached hydrogens (tertiary/aromatic N) is 1. The van der Waals surface area contributed by atoms with Gasteiger partial charge in [-0.15, -0.1) is 0 Å². The van der Waals surface area contributed by atoms with Crippen LogP contribution in [0.15, 0.2) is 24.3 Å². The van der Waals surface area contributed by atoms with Crippen LogP contribution in [0.5, 0.6) is 5.75 Å². The van der Waals surface area contributed by atoms with Crippen LogP contribution in [0.2, 0.25) is 0 Å². The molecule has 0 radical (unpaired) electrons. The zero-order valence-corrected chi connectivity index (χ0v) is 10.3. The molecule has 1 aromatic carbocycles. The molecular formula is C13H18N2O2. The van der Waals surface area contributed by atoms with Gasteiger partial charge in [0.15, 0.2) is 0 Å². The molecule has 0 aromatic heterocycles. The molecule has 0 saturated carbocycles. The average molecular weight is 234 g/mol. The van der Waals surface area contributed by atoms with E-state index in [4.69, 9.17) is 4.74 Å². The Kier molecular flexibility index (Phi) is 3.64. The topological polar surface area (TPSA) is 41.6 Å². The molecular weight excluding hydrogens is 216 g/mol. The fourth-order valence-electron chi connectivity index (χ4n) is 2.07. The Morgan fingerprint density at radius 2 is 2.12 bits per heavy atom. The molecule has 0 spiro atoms. The van der Waals surface area contributed by atoms with E-state index in [0.717, 1.165) is 30.9 Å². The van der Waals surface area contributed by atoms with E-state index in [1.165, 1.54) is 0 Å². The fourth-order valence-corrected chi connectivity index (χ4v) is 2.07. The second-order valence-corrected chi connectivity index (χ2v) is 4.29. The molecule has 1 atom stereocenters. The summed E-state index contributed by atoms with van der Waals surface area (Å²) < 4.78 is 5.10. The van der Waals surface area contributed by atoms with E-state index in [1.54, 1.807) is 12.0 Å². The van der Waals surface area contributed by atoms with Crippen molar-refractivity contribution < 1.29 is 9.53 Å². The monoisotopic (exact) mass is 234 g/mol. The van der Waals surface area contributed by atoms with Crippen molar-refractivity contribution in [2.45, 2.75) is 6.42 Å². The summed E-state index contributed by atoms with van der Waals surface area (Å²) >= 11 is 0. The molecule has 1 saturated heterocycles. The van der Waals surface area contributed by atoms with Gasteiger partial charge < -0.3 is 15.0 Å². The van der Waals surface area contributed by atoms with Crippen LogP contribution in [-0.2, 0) is 4.79 Å². The number of benzene rings is 1. The number of carbonyl (C=O) groups is 1. The highest BCUT2D eigenvalue weighted by molar-refractivity contribution is 5.94. The van der Waals surface area contributed by atoms with E-state index >= 15 is 0 Å². The van der Waals surface area contributed by atoms with Crippen LogP contribution in [0.4, 0.5) is 5.69 Å². The van der Waals surface area contributed by atoms with E-state index in [0.29, 0.717) is 0 Å². The standard InChI is InChI=1S/C13H18N2O2/c1-15(13(16)10-7-8-14-9-10)11-3-5-12(17-2)6-4-11/h3-6,10,14H,7-9H2,1-2H3. The Labute approximate surface area is 102 Å². The lowest BCUT2D eigenvalue weighted by Gasteiger charge is -2.20. The maximum atomic E-state index is 12.2. The highest BCUT2D eigenvalue weighted by Gasteiger charge is 2.25. The molecule has 1 heterocycles. The second kappa shape index (κ2) is 5.19. The van der Waals surface area contributed by atoms with Crippen LogP contribution in [0, 0.1) is 5.92 Å². The highest BCUT2D eigenvalue weighted by Crippen LogP contribution is 2.21. The van der Waals surface area contributed by atoms with Crippen LogP contribution in [-0.4, -0.2) is 33.2 Å². The second-order valence-electron chi connectivity index (χ2n) is 4.29. The SMILES string of the molecule is COc1ccc(N(C)C(=O)C2CCNC2)cc1. The molecule has 1 unspecified atom stereocenters. The smallest absolute Gasteiger partial charge is 0.231 e. The number of hydrogen-bond donors (Lipinski definition) is 1. The van der Waals surface area contributed by atoms with Crippen molar-refractivity contribution in [3.05, 3.63) is 24.3 Å². The minimum Gasteiger partial charge on any atom is -0.497 e. The number of amides is 1. The third-order valence-corrected chi connectivity index (χ3v) is 3.20. The summed E-state index contributed by atoms with van der Waals surface area (Å²) in [5, 5.41) is 3.21. The predicted octanol–water partition coefficient (Wildman–Crippen LogP) is 1.27. The first-order valence-corrected chi connectivity index (χ1v) is 5.84. The Balaban J connectivity index is 2.07. The third kappa shape index (κ3) is 2.58. The van der Waals surface area contributed by atoms with Gasteiger partial charge in [-0.2, -0.15) is 0 Å². The van der Waals surface area contributed by atoms with Gasteiger partial charge in [-0.25, -0.2) is 0 Å². The van der Waals surface area contributed by atoms with Crippen molar-refractivity contribution in [3.8, 4) is 5.75 Å². The van der Waals surface area contributed by atoms with Crippen molar-refractivity contribution in [1.29, 1.82) is 0 Å². The summed E-state index contributed by atoms with van der Waals surface area (Å²) in [5.41, 5.74) is 0.905. The van der Waals surface area contributed by atoms with E-state index in [-0.39, 0.29) is 11.8 Å². The van der Waals surface area contributed by atoms with Crippen LogP contribution in [0.3, 0.4) is 0 Å². The van der Waals surface area contributed by atoms with Crippen LogP contribution >= 0.6 is 0 Å². The van der Waals surface area contributed by atoms with Gasteiger partial charge in [0, 0.05) is 19.3 Å². The average Bonchev–Trinajstić information content (AvgIpc) is 2.91. The molecule has 2 rings (SSSR count). The van der Waals surface area contributed by atoms with Gasteiger partial charge in [0.2, 0.25) is 5.91 Å². The lowest BCUT2D eigenvalue weighted by atomic mass is 10.1. The number of hydrogen-bond acceptors (Lipinski definition) is 3. The molecule has 1 amide bonds. The molecule has 1 aromatic rings. The molecule has 4 heteroatoms. The third-order valence-electron chi connectivity index (χ3n) is 3.20. The Hall–Kier alpha value is -1.55. The van der Waals surface area contributed by atoms with Gasteiger partial charge in [0.05, 0.1) is 13.0 Å². The molecule has 0 aliphatic carbocycles. The van der Waals surface area contributed by atoms with Crippen LogP contribution in [0.25, 0.3) is 0 Å². The summed E-state index contributed by atoms with van der Waals surface area (Å²) in [5.74, 6) is 1.10. The van der Waals surface area contributed by atoms with Crippen LogP contribution in [0.1, 0.15) is 6.42 Å². The van der Waals surface area contributed by atoms with Crippen molar-refractivity contribution in [1.82, 2.24) is 5.32 Å². The maximum Gasteiger partial charge on any atom is 0.231 e. The maximum absolute atomic E-state index is 12.2. The van der Waals surface area contributed by atoms with Gasteiger partial charge in [-0.3, -0.25) is 4.79 Å². The minimum absolute atomic E-state index is 0.113. The number of ether oxygens (including phenoxy) is 1. The van der Waals surface area contributed by atoms with E-state index in [1.807, 2.05) is 31.3 Å². The normalized spacial score (nSPS) is 19.1. The van der Waals surface area contributed by atoms with Gasteiger partial charge in [-0.05, 0) is 37.2 Å². The Bertz CT molecular complexity index is 383. The summed E-state index contributed by atoms with van der Waals surface area (Å²) in [6.07, 6.45) is 0.930. The first kappa shape index (κ1) is 11.9. The van der Waals surface area contributed by atoms with E-state index in [2.05, 4.69) is 5.32 Å². The number of carbonyl (C=O) groups excluding carboxylic acids is 1. The molecule has 17 heavy (non-hydrogen) atoms. The highest BCUT2D eigenvalue weighted by atomic mass is 16.5. The van der Waals surface area contributed by atoms with Crippen molar-refractivity contribution in [3.63, 3.8) is 0 Å². The lowest BCUT2D eigenvalue weighted by Crippen LogP contribution is -2.33. The largest absolute Gasteiger partial charge is 0.497 e. The zero-order valence-electron chi connectivity index (χ0n) is 10.3. The Morgan fingerprint density at radius 1 is 1.41 bits per heavy atom. The van der Waals surface area contributed by atoms with Crippen molar-refractivity contribution in [2.75, 3.05) is 32.1 Å². The number of nitrogens with one attached hydrogen (secondary N) is 1. The molecule has 1 N–H and O–H groups in total. The van der Waals surface area contributed by atoms with Gasteiger partial charge in [0.1, 0.15) is 5.75 Å². The van der Waals surface area contributed by atoms with Crippen molar-refractivity contribution >= 4 is 11.6 Å². The van der Waals surface area contributed by atoms with Crippen LogP contribution < -0.4 is 15.0 Å². The van der Waals surface area contributed by atoms with Crippen molar-refractivity contribution in [2.24, 2.45) is 5.92 Å². The molecule has 92 valence electrons. The first-order chi connectivity index (χ1) is 8.22. The van der Waals surface area contributed by atoms with E-state index in [9.17, 15) is 4.79 Å². The minimum atomic E-state index is 0.113. The molecule has 0 bridgehead atoms. The van der Waals surface area contributed by atoms with Gasteiger partial charge in [0.25, 0.3) is 0 Å². The quantitative estimate of drug-likeness (QED) is 0.856. The molecule has 4 nitrogen and oxygen atoms in total. The number of rotatable bonds is 3. The van der Waals surface area contributed by atoms with Gasteiger partial charge >= 0.3 is 0 Å². The predicted molar refractivity (Wildman–Crippen MR) is 67.4 cm³/mol. The summed E-state index contributed by atoms with van der Waals surface area (Å²) in [6.45, 7) is 1.73. The fraction of sp³-hybridized carbons (Fsp3) is 0.462. The lowest BCUT2D eigenvalue weighted by molar-refractivity contribution is -0.121. The molecule has 1 aliphatic heterocycles. The molecule has 1 aliphatic rings. The molecule has 1 fully saturated rings. The summed E-state index contributed by atoms with van der Waals surface area (Å²) in [6, 6.07) is 7.54. The number of anilines is 1. The summed E-state index contributed by atoms with van der Waals surface area (Å²) in [7, 11) is 3.45. The van der Waals surface area contributed by atoms with Gasteiger partial charge in [-0.1, -0.05) is 0 Å². The first-order valence-electron chi connectivity index (χ1n) is 5.84. The van der Waals surface area contributed by atoms with E-state index < -0.39 is 0 Å². The Morgan fingerprint density at radius 3 is 2.65 bits per heavy atom. The number of methoxy groups -OCH3 is 1. The summed E-state index contributed by atoms with van der Waals surface area (Å²) in [4.78, 5) is 13.9.